The van der Waals surface area contributed by atoms with Gasteiger partial charge in [-0.25, -0.2) is 0 Å². The summed E-state index contributed by atoms with van der Waals surface area (Å²) in [5.74, 6) is 0.852. The van der Waals surface area contributed by atoms with Crippen LogP contribution in [0.15, 0.2) is 0 Å². The lowest BCUT2D eigenvalue weighted by atomic mass is 9.70. The fourth-order valence-corrected chi connectivity index (χ4v) is 2.85. The van der Waals surface area contributed by atoms with Gasteiger partial charge in [0.2, 0.25) is 0 Å². The Balaban J connectivity index is 2.52. The molecule has 0 aliphatic heterocycles. The maximum atomic E-state index is 5.42. The fourth-order valence-electron chi connectivity index (χ4n) is 2.85. The molecule has 2 nitrogen and oxygen atoms in total. The first-order valence-corrected chi connectivity index (χ1v) is 6.42. The first-order valence-electron chi connectivity index (χ1n) is 6.42. The van der Waals surface area contributed by atoms with Crippen LogP contribution in [0.4, 0.5) is 0 Å². The Morgan fingerprint density at radius 2 is 1.93 bits per heavy atom. The molecular weight excluding hydrogens is 186 g/mol. The van der Waals surface area contributed by atoms with Gasteiger partial charge in [0.25, 0.3) is 0 Å². The van der Waals surface area contributed by atoms with Gasteiger partial charge in [-0.3, -0.25) is 0 Å². The molecule has 1 rings (SSSR count). The van der Waals surface area contributed by atoms with Crippen molar-refractivity contribution in [1.29, 1.82) is 0 Å². The fraction of sp³-hybridized carbons (Fsp3) is 1.00. The van der Waals surface area contributed by atoms with E-state index in [0.29, 0.717) is 5.41 Å². The highest BCUT2D eigenvalue weighted by atomic mass is 16.5. The highest BCUT2D eigenvalue weighted by Gasteiger charge is 2.34. The van der Waals surface area contributed by atoms with Crippen LogP contribution >= 0.6 is 0 Å². The lowest BCUT2D eigenvalue weighted by Gasteiger charge is -2.39. The molecule has 1 unspecified atom stereocenters. The Morgan fingerprint density at radius 3 is 2.47 bits per heavy atom. The second-order valence-electron chi connectivity index (χ2n) is 5.20. The normalized spacial score (nSPS) is 22.6. The first kappa shape index (κ1) is 13.0. The third-order valence-electron chi connectivity index (χ3n) is 3.84. The summed E-state index contributed by atoms with van der Waals surface area (Å²) in [5, 5.41) is 3.49. The molecule has 1 saturated carbocycles. The SMILES string of the molecule is CCNCC(C)(COC)C1CCCCC1. The Kier molecular flexibility index (Phi) is 5.62. The van der Waals surface area contributed by atoms with E-state index in [9.17, 15) is 0 Å². The molecule has 1 atom stereocenters. The molecule has 0 aromatic rings. The van der Waals surface area contributed by atoms with E-state index in [0.717, 1.165) is 25.6 Å². The minimum Gasteiger partial charge on any atom is -0.384 e. The largest absolute Gasteiger partial charge is 0.384 e. The molecule has 90 valence electrons. The second kappa shape index (κ2) is 6.49. The van der Waals surface area contributed by atoms with Crippen molar-refractivity contribution in [3.63, 3.8) is 0 Å². The smallest absolute Gasteiger partial charge is 0.0530 e. The van der Waals surface area contributed by atoms with Crippen molar-refractivity contribution in [3.05, 3.63) is 0 Å². The van der Waals surface area contributed by atoms with Gasteiger partial charge in [-0.05, 0) is 25.3 Å². The van der Waals surface area contributed by atoms with Gasteiger partial charge in [-0.15, -0.1) is 0 Å². The summed E-state index contributed by atoms with van der Waals surface area (Å²) in [6, 6.07) is 0. The molecule has 0 aromatic heterocycles. The zero-order chi connectivity index (χ0) is 11.1. The van der Waals surface area contributed by atoms with E-state index in [4.69, 9.17) is 4.74 Å². The van der Waals surface area contributed by atoms with E-state index in [1.54, 1.807) is 0 Å². The van der Waals surface area contributed by atoms with Gasteiger partial charge in [0, 0.05) is 19.1 Å². The van der Waals surface area contributed by atoms with Gasteiger partial charge in [0.05, 0.1) is 6.61 Å². The zero-order valence-electron chi connectivity index (χ0n) is 10.6. The highest BCUT2D eigenvalue weighted by molar-refractivity contribution is 4.86. The molecule has 2 heteroatoms. The third-order valence-corrected chi connectivity index (χ3v) is 3.84. The Bertz CT molecular complexity index is 166. The van der Waals surface area contributed by atoms with Gasteiger partial charge in [-0.1, -0.05) is 33.1 Å². The Labute approximate surface area is 94.8 Å². The van der Waals surface area contributed by atoms with E-state index >= 15 is 0 Å². The molecule has 1 aliphatic carbocycles. The second-order valence-corrected chi connectivity index (χ2v) is 5.20. The standard InChI is InChI=1S/C13H27NO/c1-4-14-10-13(2,11-15-3)12-8-6-5-7-9-12/h12,14H,4-11H2,1-3H3. The van der Waals surface area contributed by atoms with Crippen LogP contribution in [-0.2, 0) is 4.74 Å². The van der Waals surface area contributed by atoms with Crippen molar-refractivity contribution >= 4 is 0 Å². The van der Waals surface area contributed by atoms with Crippen molar-refractivity contribution in [2.75, 3.05) is 26.8 Å². The summed E-state index contributed by atoms with van der Waals surface area (Å²) in [7, 11) is 1.83. The summed E-state index contributed by atoms with van der Waals surface area (Å²) in [5.41, 5.74) is 0.338. The number of methoxy groups -OCH3 is 1. The highest BCUT2D eigenvalue weighted by Crippen LogP contribution is 2.38. The molecular formula is C13H27NO. The van der Waals surface area contributed by atoms with Crippen LogP contribution < -0.4 is 5.32 Å². The summed E-state index contributed by atoms with van der Waals surface area (Å²) in [4.78, 5) is 0. The van der Waals surface area contributed by atoms with Crippen LogP contribution in [-0.4, -0.2) is 26.8 Å². The topological polar surface area (TPSA) is 21.3 Å². The van der Waals surface area contributed by atoms with Crippen LogP contribution in [0.5, 0.6) is 0 Å². The predicted octanol–water partition coefficient (Wildman–Crippen LogP) is 2.83. The summed E-state index contributed by atoms with van der Waals surface area (Å²) >= 11 is 0. The number of nitrogens with one attached hydrogen (secondary N) is 1. The first-order chi connectivity index (χ1) is 7.23. The summed E-state index contributed by atoms with van der Waals surface area (Å²) < 4.78 is 5.42. The van der Waals surface area contributed by atoms with E-state index in [2.05, 4.69) is 19.2 Å². The minimum absolute atomic E-state index is 0.338. The molecule has 15 heavy (non-hydrogen) atoms. The van der Waals surface area contributed by atoms with Crippen molar-refractivity contribution in [2.24, 2.45) is 11.3 Å². The Morgan fingerprint density at radius 1 is 1.27 bits per heavy atom. The number of hydrogen-bond donors (Lipinski definition) is 1. The van der Waals surface area contributed by atoms with E-state index < -0.39 is 0 Å². The van der Waals surface area contributed by atoms with E-state index in [-0.39, 0.29) is 0 Å². The maximum absolute atomic E-state index is 5.42. The molecule has 1 aliphatic rings. The Hall–Kier alpha value is -0.0800. The lowest BCUT2D eigenvalue weighted by Crippen LogP contribution is -2.42. The van der Waals surface area contributed by atoms with E-state index in [1.165, 1.54) is 32.1 Å². The summed E-state index contributed by atoms with van der Waals surface area (Å²) in [6.45, 7) is 7.61. The molecule has 1 N–H and O–H groups in total. The van der Waals surface area contributed by atoms with Gasteiger partial charge >= 0.3 is 0 Å². The van der Waals surface area contributed by atoms with Crippen LogP contribution in [0, 0.1) is 11.3 Å². The van der Waals surface area contributed by atoms with Crippen molar-refractivity contribution in [2.45, 2.75) is 46.0 Å². The average molecular weight is 213 g/mol. The number of rotatable bonds is 6. The van der Waals surface area contributed by atoms with Gasteiger partial charge in [0.15, 0.2) is 0 Å². The zero-order valence-corrected chi connectivity index (χ0v) is 10.6. The molecule has 0 amide bonds. The van der Waals surface area contributed by atoms with Gasteiger partial charge in [0.1, 0.15) is 0 Å². The van der Waals surface area contributed by atoms with Crippen LogP contribution in [0.1, 0.15) is 46.0 Å². The van der Waals surface area contributed by atoms with Crippen molar-refractivity contribution < 1.29 is 4.74 Å². The molecule has 0 spiro atoms. The molecule has 0 saturated heterocycles. The maximum Gasteiger partial charge on any atom is 0.0530 e. The number of ether oxygens (including phenoxy) is 1. The summed E-state index contributed by atoms with van der Waals surface area (Å²) in [6.07, 6.45) is 7.05. The third kappa shape index (κ3) is 3.76. The number of hydrogen-bond acceptors (Lipinski definition) is 2. The van der Waals surface area contributed by atoms with Crippen LogP contribution in [0.25, 0.3) is 0 Å². The molecule has 0 aromatic carbocycles. The predicted molar refractivity (Wildman–Crippen MR) is 65.1 cm³/mol. The van der Waals surface area contributed by atoms with Crippen LogP contribution in [0.2, 0.25) is 0 Å². The molecule has 0 bridgehead atoms. The van der Waals surface area contributed by atoms with Crippen molar-refractivity contribution in [1.82, 2.24) is 5.32 Å². The minimum atomic E-state index is 0.338. The molecule has 0 heterocycles. The average Bonchev–Trinajstić information content (AvgIpc) is 2.28. The van der Waals surface area contributed by atoms with Crippen molar-refractivity contribution in [3.8, 4) is 0 Å². The molecule has 1 fully saturated rings. The monoisotopic (exact) mass is 213 g/mol. The quantitative estimate of drug-likeness (QED) is 0.732. The molecule has 0 radical (unpaired) electrons. The van der Waals surface area contributed by atoms with Crippen LogP contribution in [0.3, 0.4) is 0 Å². The lowest BCUT2D eigenvalue weighted by molar-refractivity contribution is 0.0298. The van der Waals surface area contributed by atoms with Gasteiger partial charge in [-0.2, -0.15) is 0 Å². The van der Waals surface area contributed by atoms with Gasteiger partial charge < -0.3 is 10.1 Å². The van der Waals surface area contributed by atoms with E-state index in [1.807, 2.05) is 7.11 Å².